The SMILES string of the molecule is CC(=O)Nc1nc2c(s1)CC1C(C)(CO)C(O)CCC1(C)C2CC(=O)NCc1ccco1. The summed E-state index contributed by atoms with van der Waals surface area (Å²) in [7, 11) is 0. The van der Waals surface area contributed by atoms with Gasteiger partial charge < -0.3 is 25.3 Å². The zero-order valence-corrected chi connectivity index (χ0v) is 19.5. The summed E-state index contributed by atoms with van der Waals surface area (Å²) < 4.78 is 5.31. The highest BCUT2D eigenvalue weighted by molar-refractivity contribution is 7.15. The van der Waals surface area contributed by atoms with E-state index in [9.17, 15) is 19.8 Å². The molecule has 2 aliphatic carbocycles. The van der Waals surface area contributed by atoms with Crippen LogP contribution in [0.15, 0.2) is 22.8 Å². The number of nitrogens with one attached hydrogen (secondary N) is 2. The summed E-state index contributed by atoms with van der Waals surface area (Å²) in [4.78, 5) is 30.3. The van der Waals surface area contributed by atoms with Crippen molar-refractivity contribution < 1.29 is 24.2 Å². The van der Waals surface area contributed by atoms with E-state index in [2.05, 4.69) is 17.6 Å². The van der Waals surface area contributed by atoms with E-state index in [1.54, 1.807) is 12.3 Å². The molecule has 0 bridgehead atoms. The molecule has 2 amide bonds. The second-order valence-corrected chi connectivity index (χ2v) is 10.7. The Balaban J connectivity index is 1.67. The van der Waals surface area contributed by atoms with E-state index in [0.717, 1.165) is 17.0 Å². The zero-order valence-electron chi connectivity index (χ0n) is 18.7. The first-order valence-corrected chi connectivity index (χ1v) is 11.8. The number of aromatic nitrogens is 1. The second-order valence-electron chi connectivity index (χ2n) is 9.60. The van der Waals surface area contributed by atoms with E-state index >= 15 is 0 Å². The van der Waals surface area contributed by atoms with E-state index in [1.165, 1.54) is 18.3 Å². The summed E-state index contributed by atoms with van der Waals surface area (Å²) >= 11 is 1.42. The van der Waals surface area contributed by atoms with E-state index in [4.69, 9.17) is 9.40 Å². The number of rotatable bonds is 6. The number of hydrogen-bond donors (Lipinski definition) is 4. The van der Waals surface area contributed by atoms with Gasteiger partial charge in [0.25, 0.3) is 0 Å². The summed E-state index contributed by atoms with van der Waals surface area (Å²) in [5, 5.41) is 27.3. The molecule has 2 aromatic rings. The van der Waals surface area contributed by atoms with Crippen LogP contribution >= 0.6 is 11.3 Å². The minimum atomic E-state index is -0.675. The predicted octanol–water partition coefficient (Wildman–Crippen LogP) is 2.82. The molecule has 1 fully saturated rings. The van der Waals surface area contributed by atoms with Gasteiger partial charge in [-0.25, -0.2) is 4.98 Å². The lowest BCUT2D eigenvalue weighted by Gasteiger charge is -2.58. The lowest BCUT2D eigenvalue weighted by molar-refractivity contribution is -0.144. The van der Waals surface area contributed by atoms with Crippen molar-refractivity contribution in [3.63, 3.8) is 0 Å². The molecule has 9 heteroatoms. The summed E-state index contributed by atoms with van der Waals surface area (Å²) in [6.45, 7) is 5.72. The number of carbonyl (C=O) groups is 2. The number of aliphatic hydroxyl groups excluding tert-OH is 2. The highest BCUT2D eigenvalue weighted by Gasteiger charge is 2.59. The monoisotopic (exact) mass is 461 g/mol. The number of aliphatic hydroxyl groups is 2. The van der Waals surface area contributed by atoms with Gasteiger partial charge in [-0.1, -0.05) is 13.8 Å². The van der Waals surface area contributed by atoms with Crippen LogP contribution in [0.5, 0.6) is 0 Å². The molecule has 0 aromatic carbocycles. The van der Waals surface area contributed by atoms with Gasteiger partial charge in [0, 0.05) is 29.6 Å². The van der Waals surface area contributed by atoms with Crippen LogP contribution in [0, 0.1) is 16.7 Å². The van der Waals surface area contributed by atoms with Crippen molar-refractivity contribution in [1.29, 1.82) is 0 Å². The maximum absolute atomic E-state index is 13.0. The maximum Gasteiger partial charge on any atom is 0.223 e. The maximum atomic E-state index is 13.0. The van der Waals surface area contributed by atoms with Crippen molar-refractivity contribution >= 4 is 28.3 Å². The standard InChI is InChI=1S/C23H31N3O5S/c1-13(28)25-21-26-20-15(9-19(30)24-11-14-5-4-8-31-14)22(2)7-6-18(29)23(3,12-27)17(22)10-16(20)32-21/h4-5,8,15,17-18,27,29H,6-7,9-12H2,1-3H3,(H,24,30)(H,25,26,28). The normalized spacial score (nSPS) is 31.5. The Morgan fingerprint density at radius 3 is 2.81 bits per heavy atom. The van der Waals surface area contributed by atoms with Crippen LogP contribution in [-0.2, 0) is 22.6 Å². The topological polar surface area (TPSA) is 125 Å². The smallest absolute Gasteiger partial charge is 0.223 e. The van der Waals surface area contributed by atoms with Gasteiger partial charge >= 0.3 is 0 Å². The number of amides is 2. The predicted molar refractivity (Wildman–Crippen MR) is 120 cm³/mol. The largest absolute Gasteiger partial charge is 0.467 e. The Kier molecular flexibility index (Phi) is 6.17. The fourth-order valence-corrected chi connectivity index (χ4v) is 6.82. The van der Waals surface area contributed by atoms with Crippen LogP contribution in [0.3, 0.4) is 0 Å². The van der Waals surface area contributed by atoms with Crippen molar-refractivity contribution in [3.8, 4) is 0 Å². The number of carbonyl (C=O) groups excluding carboxylic acids is 2. The average molecular weight is 462 g/mol. The van der Waals surface area contributed by atoms with Crippen LogP contribution in [0.1, 0.15) is 62.3 Å². The van der Waals surface area contributed by atoms with E-state index in [0.29, 0.717) is 30.3 Å². The van der Waals surface area contributed by atoms with Gasteiger partial charge in [0.05, 0.1) is 31.2 Å². The van der Waals surface area contributed by atoms with Crippen LogP contribution in [0.2, 0.25) is 0 Å². The molecule has 2 aromatic heterocycles. The third kappa shape index (κ3) is 3.97. The third-order valence-electron chi connectivity index (χ3n) is 7.61. The van der Waals surface area contributed by atoms with E-state index in [-0.39, 0.29) is 42.1 Å². The highest BCUT2D eigenvalue weighted by Crippen LogP contribution is 2.62. The Morgan fingerprint density at radius 1 is 1.38 bits per heavy atom. The van der Waals surface area contributed by atoms with E-state index in [1.807, 2.05) is 13.0 Å². The first-order chi connectivity index (χ1) is 15.2. The number of anilines is 1. The highest BCUT2D eigenvalue weighted by atomic mass is 32.1. The second kappa shape index (κ2) is 8.61. The molecule has 2 aliphatic rings. The summed E-state index contributed by atoms with van der Waals surface area (Å²) in [6, 6.07) is 3.59. The van der Waals surface area contributed by atoms with Gasteiger partial charge in [0.15, 0.2) is 5.13 Å². The third-order valence-corrected chi connectivity index (χ3v) is 8.61. The van der Waals surface area contributed by atoms with E-state index < -0.39 is 11.5 Å². The van der Waals surface area contributed by atoms with Crippen molar-refractivity contribution in [2.24, 2.45) is 16.7 Å². The van der Waals surface area contributed by atoms with Crippen molar-refractivity contribution in [1.82, 2.24) is 10.3 Å². The number of furan rings is 1. The number of thiazole rings is 1. The van der Waals surface area contributed by atoms with Gasteiger partial charge in [-0.2, -0.15) is 0 Å². The molecule has 2 heterocycles. The Hall–Kier alpha value is -2.23. The summed E-state index contributed by atoms with van der Waals surface area (Å²) in [5.74, 6) is 0.171. The van der Waals surface area contributed by atoms with Gasteiger partial charge in [-0.15, -0.1) is 11.3 Å². The summed E-state index contributed by atoms with van der Waals surface area (Å²) in [6.07, 6.45) is 3.15. The molecule has 4 rings (SSSR count). The van der Waals surface area contributed by atoms with Crippen LogP contribution in [0.25, 0.3) is 0 Å². The summed E-state index contributed by atoms with van der Waals surface area (Å²) in [5.41, 5.74) is -0.152. The fraction of sp³-hybridized carbons (Fsp3) is 0.609. The molecule has 0 aliphatic heterocycles. The van der Waals surface area contributed by atoms with Gasteiger partial charge in [-0.05, 0) is 42.7 Å². The van der Waals surface area contributed by atoms with Crippen LogP contribution < -0.4 is 10.6 Å². The molecule has 0 saturated heterocycles. The molecule has 174 valence electrons. The molecular formula is C23H31N3O5S. The molecule has 0 spiro atoms. The molecular weight excluding hydrogens is 430 g/mol. The van der Waals surface area contributed by atoms with Crippen molar-refractivity contribution in [2.75, 3.05) is 11.9 Å². The van der Waals surface area contributed by atoms with Gasteiger partial charge in [0.2, 0.25) is 11.8 Å². The van der Waals surface area contributed by atoms with Crippen molar-refractivity contribution in [2.45, 2.75) is 65.0 Å². The molecule has 4 N–H and O–H groups in total. The average Bonchev–Trinajstić information content (AvgIpc) is 3.40. The molecule has 8 nitrogen and oxygen atoms in total. The lowest BCUT2D eigenvalue weighted by atomic mass is 9.47. The Morgan fingerprint density at radius 2 is 2.16 bits per heavy atom. The quantitative estimate of drug-likeness (QED) is 0.524. The molecule has 5 atom stereocenters. The van der Waals surface area contributed by atoms with Crippen molar-refractivity contribution in [3.05, 3.63) is 34.7 Å². The van der Waals surface area contributed by atoms with Crippen LogP contribution in [0.4, 0.5) is 5.13 Å². The zero-order chi connectivity index (χ0) is 23.1. The fourth-order valence-electron chi connectivity index (χ4n) is 5.71. The van der Waals surface area contributed by atoms with Gasteiger partial charge in [0.1, 0.15) is 5.76 Å². The van der Waals surface area contributed by atoms with Crippen LogP contribution in [-0.4, -0.2) is 39.7 Å². The van der Waals surface area contributed by atoms with Gasteiger partial charge in [-0.3, -0.25) is 9.59 Å². The number of hydrogen-bond acceptors (Lipinski definition) is 7. The first-order valence-electron chi connectivity index (χ1n) is 11.0. The molecule has 1 saturated carbocycles. The lowest BCUT2D eigenvalue weighted by Crippen LogP contribution is -2.57. The number of nitrogens with zero attached hydrogens (tertiary/aromatic N) is 1. The molecule has 0 radical (unpaired) electrons. The Bertz CT molecular complexity index is 990. The molecule has 32 heavy (non-hydrogen) atoms. The minimum Gasteiger partial charge on any atom is -0.467 e. The number of fused-ring (bicyclic) bond motifs is 2. The minimum absolute atomic E-state index is 0.0234. The Labute approximate surface area is 191 Å². The first kappa shape index (κ1) is 22.9. The molecule has 5 unspecified atom stereocenters.